The van der Waals surface area contributed by atoms with Crippen molar-refractivity contribution in [3.8, 4) is 0 Å². The third-order valence-corrected chi connectivity index (χ3v) is 5.29. The predicted molar refractivity (Wildman–Crippen MR) is 82.5 cm³/mol. The van der Waals surface area contributed by atoms with Crippen LogP contribution in [0.2, 0.25) is 0 Å². The fourth-order valence-corrected chi connectivity index (χ4v) is 4.09. The van der Waals surface area contributed by atoms with Crippen molar-refractivity contribution < 1.29 is 0 Å². The molecule has 2 saturated carbocycles. The summed E-state index contributed by atoms with van der Waals surface area (Å²) in [6.07, 6.45) is 17.9. The Balaban J connectivity index is 1.59. The van der Waals surface area contributed by atoms with E-state index in [0.717, 1.165) is 17.7 Å². The Kier molecular flexibility index (Phi) is 5.12. The summed E-state index contributed by atoms with van der Waals surface area (Å²) < 4.78 is 0. The highest BCUT2D eigenvalue weighted by Gasteiger charge is 2.27. The molecule has 2 aliphatic carbocycles. The molecule has 0 aliphatic heterocycles. The van der Waals surface area contributed by atoms with Crippen molar-refractivity contribution in [2.24, 2.45) is 11.8 Å². The van der Waals surface area contributed by atoms with E-state index in [1.54, 1.807) is 0 Å². The average molecular weight is 275 g/mol. The summed E-state index contributed by atoms with van der Waals surface area (Å²) in [5.41, 5.74) is 0. The Morgan fingerprint density at radius 1 is 1.05 bits per heavy atom. The molecule has 2 N–H and O–H groups in total. The Labute approximate surface area is 123 Å². The minimum absolute atomic E-state index is 0.451. The summed E-state index contributed by atoms with van der Waals surface area (Å²) in [4.78, 5) is 7.89. The second-order valence-corrected chi connectivity index (χ2v) is 6.76. The van der Waals surface area contributed by atoms with E-state index in [0.29, 0.717) is 6.04 Å². The van der Waals surface area contributed by atoms with Gasteiger partial charge in [-0.15, -0.1) is 0 Å². The molecule has 0 radical (unpaired) electrons. The zero-order chi connectivity index (χ0) is 13.6. The quantitative estimate of drug-likeness (QED) is 0.845. The number of nitrogens with one attached hydrogen (secondary N) is 2. The second-order valence-electron chi connectivity index (χ2n) is 6.76. The van der Waals surface area contributed by atoms with Crippen LogP contribution < -0.4 is 5.32 Å². The fourth-order valence-electron chi connectivity index (χ4n) is 4.09. The standard InChI is InChI=1S/C17H29N3/c1-3-7-14(8-4-1)13-20-16(17-18-11-12-19-17)15-9-5-2-6-10-15/h11-12,14-16,20H,1-10,13H2,(H,18,19)/t16-/m0/s1. The third kappa shape index (κ3) is 3.63. The largest absolute Gasteiger partial charge is 0.347 e. The number of hydrogen-bond donors (Lipinski definition) is 2. The first-order chi connectivity index (χ1) is 9.93. The van der Waals surface area contributed by atoms with Crippen molar-refractivity contribution in [3.63, 3.8) is 0 Å². The minimum atomic E-state index is 0.451. The lowest BCUT2D eigenvalue weighted by molar-refractivity contribution is 0.242. The van der Waals surface area contributed by atoms with Crippen LogP contribution in [0.3, 0.4) is 0 Å². The molecule has 3 nitrogen and oxygen atoms in total. The first-order valence-electron chi connectivity index (χ1n) is 8.66. The number of aromatic nitrogens is 2. The van der Waals surface area contributed by atoms with Gasteiger partial charge in [-0.05, 0) is 44.1 Å². The van der Waals surface area contributed by atoms with Gasteiger partial charge in [0.2, 0.25) is 0 Å². The number of rotatable bonds is 5. The summed E-state index contributed by atoms with van der Waals surface area (Å²) >= 11 is 0. The molecule has 112 valence electrons. The van der Waals surface area contributed by atoms with E-state index in [4.69, 9.17) is 0 Å². The molecule has 0 saturated heterocycles. The zero-order valence-corrected chi connectivity index (χ0v) is 12.6. The molecule has 0 amide bonds. The predicted octanol–water partition coefficient (Wildman–Crippen LogP) is 4.20. The Morgan fingerprint density at radius 2 is 1.75 bits per heavy atom. The van der Waals surface area contributed by atoms with Gasteiger partial charge in [-0.1, -0.05) is 38.5 Å². The van der Waals surface area contributed by atoms with E-state index in [-0.39, 0.29) is 0 Å². The van der Waals surface area contributed by atoms with Crippen LogP contribution in [0.1, 0.15) is 76.1 Å². The van der Waals surface area contributed by atoms with Crippen molar-refractivity contribution in [2.45, 2.75) is 70.3 Å². The van der Waals surface area contributed by atoms with Crippen LogP contribution in [0.15, 0.2) is 12.4 Å². The highest BCUT2D eigenvalue weighted by Crippen LogP contribution is 2.33. The summed E-state index contributed by atoms with van der Waals surface area (Å²) in [6, 6.07) is 0.451. The van der Waals surface area contributed by atoms with Gasteiger partial charge in [-0.25, -0.2) is 4.98 Å². The number of nitrogens with zero attached hydrogens (tertiary/aromatic N) is 1. The monoisotopic (exact) mass is 275 g/mol. The van der Waals surface area contributed by atoms with Gasteiger partial charge in [0.1, 0.15) is 5.82 Å². The third-order valence-electron chi connectivity index (χ3n) is 5.29. The molecule has 2 aliphatic rings. The maximum atomic E-state index is 4.54. The van der Waals surface area contributed by atoms with Gasteiger partial charge in [-0.2, -0.15) is 0 Å². The van der Waals surface area contributed by atoms with Crippen LogP contribution >= 0.6 is 0 Å². The lowest BCUT2D eigenvalue weighted by Gasteiger charge is -2.32. The van der Waals surface area contributed by atoms with Crippen LogP contribution in [0, 0.1) is 11.8 Å². The molecule has 0 unspecified atom stereocenters. The number of aromatic amines is 1. The molecule has 0 bridgehead atoms. The summed E-state index contributed by atoms with van der Waals surface area (Å²) in [5, 5.41) is 3.87. The molecule has 1 aromatic rings. The SMILES string of the molecule is c1c[nH]c([C@@H](NCC2CCCCC2)C2CCCCC2)n1. The molecule has 1 heterocycles. The number of hydrogen-bond acceptors (Lipinski definition) is 2. The van der Waals surface area contributed by atoms with E-state index in [1.165, 1.54) is 70.8 Å². The Hall–Kier alpha value is -0.830. The van der Waals surface area contributed by atoms with Crippen molar-refractivity contribution in [1.29, 1.82) is 0 Å². The summed E-state index contributed by atoms with van der Waals surface area (Å²) in [7, 11) is 0. The molecule has 3 rings (SSSR count). The van der Waals surface area contributed by atoms with E-state index < -0.39 is 0 Å². The van der Waals surface area contributed by atoms with E-state index in [1.807, 2.05) is 12.4 Å². The summed E-state index contributed by atoms with van der Waals surface area (Å²) in [5.74, 6) is 2.83. The highest BCUT2D eigenvalue weighted by molar-refractivity contribution is 4.99. The van der Waals surface area contributed by atoms with Crippen LogP contribution in [-0.2, 0) is 0 Å². The van der Waals surface area contributed by atoms with Gasteiger partial charge in [0, 0.05) is 12.4 Å². The van der Waals surface area contributed by atoms with Crippen LogP contribution in [0.4, 0.5) is 0 Å². The van der Waals surface area contributed by atoms with Gasteiger partial charge in [0.05, 0.1) is 6.04 Å². The molecule has 0 spiro atoms. The average Bonchev–Trinajstić information content (AvgIpc) is 3.04. The first-order valence-corrected chi connectivity index (χ1v) is 8.66. The molecule has 1 aromatic heterocycles. The lowest BCUT2D eigenvalue weighted by Crippen LogP contribution is -2.34. The molecular weight excluding hydrogens is 246 g/mol. The molecule has 20 heavy (non-hydrogen) atoms. The van der Waals surface area contributed by atoms with Gasteiger partial charge in [0.15, 0.2) is 0 Å². The van der Waals surface area contributed by atoms with Crippen molar-refractivity contribution in [1.82, 2.24) is 15.3 Å². The summed E-state index contributed by atoms with van der Waals surface area (Å²) in [6.45, 7) is 1.18. The second kappa shape index (κ2) is 7.26. The Bertz CT molecular complexity index is 362. The Morgan fingerprint density at radius 3 is 2.40 bits per heavy atom. The normalized spacial score (nSPS) is 23.8. The van der Waals surface area contributed by atoms with Crippen molar-refractivity contribution in [3.05, 3.63) is 18.2 Å². The fraction of sp³-hybridized carbons (Fsp3) is 0.824. The molecule has 0 aromatic carbocycles. The van der Waals surface area contributed by atoms with Gasteiger partial charge in [0.25, 0.3) is 0 Å². The van der Waals surface area contributed by atoms with E-state index in [9.17, 15) is 0 Å². The number of H-pyrrole nitrogens is 1. The number of imidazole rings is 1. The highest BCUT2D eigenvalue weighted by atomic mass is 15.0. The molecular formula is C17H29N3. The molecule has 2 fully saturated rings. The lowest BCUT2D eigenvalue weighted by atomic mass is 9.83. The van der Waals surface area contributed by atoms with E-state index in [2.05, 4.69) is 15.3 Å². The molecule has 3 heteroatoms. The minimum Gasteiger partial charge on any atom is -0.347 e. The van der Waals surface area contributed by atoms with Crippen LogP contribution in [-0.4, -0.2) is 16.5 Å². The molecule has 1 atom stereocenters. The van der Waals surface area contributed by atoms with Crippen LogP contribution in [0.25, 0.3) is 0 Å². The van der Waals surface area contributed by atoms with Crippen LogP contribution in [0.5, 0.6) is 0 Å². The zero-order valence-electron chi connectivity index (χ0n) is 12.6. The first kappa shape index (κ1) is 14.1. The van der Waals surface area contributed by atoms with Crippen molar-refractivity contribution in [2.75, 3.05) is 6.54 Å². The van der Waals surface area contributed by atoms with Crippen molar-refractivity contribution >= 4 is 0 Å². The van der Waals surface area contributed by atoms with Gasteiger partial charge < -0.3 is 10.3 Å². The van der Waals surface area contributed by atoms with Gasteiger partial charge in [-0.3, -0.25) is 0 Å². The maximum Gasteiger partial charge on any atom is 0.123 e. The topological polar surface area (TPSA) is 40.7 Å². The maximum absolute atomic E-state index is 4.54. The smallest absolute Gasteiger partial charge is 0.123 e. The van der Waals surface area contributed by atoms with Gasteiger partial charge >= 0.3 is 0 Å². The van der Waals surface area contributed by atoms with E-state index >= 15 is 0 Å².